The summed E-state index contributed by atoms with van der Waals surface area (Å²) in [6.45, 7) is 4.82. The van der Waals surface area contributed by atoms with Crippen LogP contribution in [0.25, 0.3) is 0 Å². The Bertz CT molecular complexity index is 1150. The molecule has 2 aromatic rings. The van der Waals surface area contributed by atoms with E-state index in [1.807, 2.05) is 24.3 Å². The molecule has 0 saturated carbocycles. The summed E-state index contributed by atoms with van der Waals surface area (Å²) in [6.07, 6.45) is 1.77. The smallest absolute Gasteiger partial charge is 0.269 e. The van der Waals surface area contributed by atoms with Gasteiger partial charge in [-0.05, 0) is 24.3 Å². The van der Waals surface area contributed by atoms with Crippen LogP contribution in [0.5, 0.6) is 0 Å². The molecule has 0 bridgehead atoms. The molecule has 33 heavy (non-hydrogen) atoms. The minimum absolute atomic E-state index is 0.0465. The molecule has 0 radical (unpaired) electrons. The van der Waals surface area contributed by atoms with Crippen molar-refractivity contribution in [1.29, 1.82) is 5.26 Å². The van der Waals surface area contributed by atoms with E-state index >= 15 is 0 Å². The van der Waals surface area contributed by atoms with Crippen LogP contribution in [0, 0.1) is 21.4 Å². The van der Waals surface area contributed by atoms with Crippen LogP contribution in [0.1, 0.15) is 11.6 Å². The minimum Gasteiger partial charge on any atom is -0.379 e. The Balaban J connectivity index is 1.53. The van der Waals surface area contributed by atoms with Crippen LogP contribution in [0.15, 0.2) is 60.2 Å². The number of anilines is 2. The summed E-state index contributed by atoms with van der Waals surface area (Å²) in [5, 5.41) is 20.8. The molecule has 1 amide bonds. The number of hydrogen-bond acceptors (Lipinski definition) is 7. The summed E-state index contributed by atoms with van der Waals surface area (Å²) in [4.78, 5) is 30.2. The van der Waals surface area contributed by atoms with Crippen molar-refractivity contribution in [1.82, 2.24) is 4.90 Å². The lowest BCUT2D eigenvalue weighted by molar-refractivity contribution is -0.384. The summed E-state index contributed by atoms with van der Waals surface area (Å²) in [5.74, 6) is -0.391. The van der Waals surface area contributed by atoms with Gasteiger partial charge < -0.3 is 9.64 Å². The van der Waals surface area contributed by atoms with Crippen LogP contribution in [-0.4, -0.2) is 61.2 Å². The van der Waals surface area contributed by atoms with Gasteiger partial charge in [0.05, 0.1) is 30.2 Å². The van der Waals surface area contributed by atoms with E-state index in [0.29, 0.717) is 5.69 Å². The molecule has 1 fully saturated rings. The Labute approximate surface area is 191 Å². The highest BCUT2D eigenvalue weighted by atomic mass is 16.6. The first kappa shape index (κ1) is 21.1. The van der Waals surface area contributed by atoms with E-state index in [4.69, 9.17) is 4.74 Å². The standard InChI is InChI=1S/C24H23N5O4/c25-16-17-15-22-23(28(24(17)30)18-5-7-19(8-6-18)29(31)32)20-3-1-2-4-21(20)27(22)10-9-26-11-13-33-14-12-26/h1-8,15,22-23H,9-14H2. The summed E-state index contributed by atoms with van der Waals surface area (Å²) in [7, 11) is 0. The number of nitro benzene ring substituents is 1. The largest absolute Gasteiger partial charge is 0.379 e. The van der Waals surface area contributed by atoms with Crippen LogP contribution in [0.2, 0.25) is 0 Å². The SMILES string of the molecule is N#CC1=CC2C(c3ccccc3N2CCN2CCOCC2)N(c2ccc([N+](=O)[O-])cc2)C1=O. The molecule has 1 saturated heterocycles. The lowest BCUT2D eigenvalue weighted by Gasteiger charge is -2.39. The highest BCUT2D eigenvalue weighted by Gasteiger charge is 2.47. The fourth-order valence-electron chi connectivity index (χ4n) is 4.93. The van der Waals surface area contributed by atoms with Gasteiger partial charge in [0, 0.05) is 55.2 Å². The zero-order chi connectivity index (χ0) is 22.9. The molecule has 3 aliphatic rings. The molecule has 0 aromatic heterocycles. The van der Waals surface area contributed by atoms with Gasteiger partial charge in [-0.25, -0.2) is 0 Å². The third kappa shape index (κ3) is 3.73. The predicted octanol–water partition coefficient (Wildman–Crippen LogP) is 2.65. The number of morpholine rings is 1. The molecule has 9 nitrogen and oxygen atoms in total. The topological polar surface area (TPSA) is 103 Å². The Kier molecular flexibility index (Phi) is 5.54. The number of carbonyl (C=O) groups is 1. The maximum atomic E-state index is 13.3. The molecular formula is C24H23N5O4. The molecule has 0 N–H and O–H groups in total. The third-order valence-electron chi connectivity index (χ3n) is 6.53. The van der Waals surface area contributed by atoms with Gasteiger partial charge in [0.1, 0.15) is 11.6 Å². The molecule has 5 rings (SSSR count). The van der Waals surface area contributed by atoms with Gasteiger partial charge in [-0.3, -0.25) is 24.7 Å². The first-order chi connectivity index (χ1) is 16.1. The number of para-hydroxylation sites is 1. The number of benzene rings is 2. The number of ether oxygens (including phenoxy) is 1. The van der Waals surface area contributed by atoms with Crippen molar-refractivity contribution < 1.29 is 14.5 Å². The molecule has 9 heteroatoms. The van der Waals surface area contributed by atoms with Crippen molar-refractivity contribution >= 4 is 23.0 Å². The summed E-state index contributed by atoms with van der Waals surface area (Å²) < 4.78 is 5.45. The van der Waals surface area contributed by atoms with Gasteiger partial charge in [-0.15, -0.1) is 0 Å². The van der Waals surface area contributed by atoms with Crippen molar-refractivity contribution in [3.8, 4) is 6.07 Å². The van der Waals surface area contributed by atoms with Crippen LogP contribution in [0.4, 0.5) is 17.1 Å². The van der Waals surface area contributed by atoms with Crippen molar-refractivity contribution in [3.05, 3.63) is 75.9 Å². The number of non-ortho nitro benzene ring substituents is 1. The lowest BCUT2D eigenvalue weighted by Crippen LogP contribution is -2.49. The van der Waals surface area contributed by atoms with Gasteiger partial charge >= 0.3 is 0 Å². The minimum atomic E-state index is -0.469. The number of fused-ring (bicyclic) bond motifs is 3. The van der Waals surface area contributed by atoms with E-state index in [1.54, 1.807) is 23.1 Å². The Morgan fingerprint density at radius 2 is 1.82 bits per heavy atom. The quantitative estimate of drug-likeness (QED) is 0.515. The van der Waals surface area contributed by atoms with E-state index in [1.165, 1.54) is 12.1 Å². The molecule has 0 aliphatic carbocycles. The van der Waals surface area contributed by atoms with E-state index in [0.717, 1.165) is 50.6 Å². The molecule has 0 spiro atoms. The normalized spacial score (nSPS) is 22.4. The van der Waals surface area contributed by atoms with Crippen LogP contribution < -0.4 is 9.80 Å². The molecule has 2 unspecified atom stereocenters. The van der Waals surface area contributed by atoms with Crippen LogP contribution in [-0.2, 0) is 9.53 Å². The highest BCUT2D eigenvalue weighted by Crippen LogP contribution is 2.47. The van der Waals surface area contributed by atoms with E-state index < -0.39 is 10.8 Å². The maximum absolute atomic E-state index is 13.3. The number of nitro groups is 1. The fraction of sp³-hybridized carbons (Fsp3) is 0.333. The zero-order valence-electron chi connectivity index (χ0n) is 18.0. The maximum Gasteiger partial charge on any atom is 0.269 e. The summed E-state index contributed by atoms with van der Waals surface area (Å²) >= 11 is 0. The number of amides is 1. The summed E-state index contributed by atoms with van der Waals surface area (Å²) in [6, 6.07) is 15.4. The van der Waals surface area contributed by atoms with Gasteiger partial charge in [0.25, 0.3) is 11.6 Å². The Morgan fingerprint density at radius 1 is 1.09 bits per heavy atom. The van der Waals surface area contributed by atoms with Gasteiger partial charge in [-0.1, -0.05) is 18.2 Å². The number of hydrogen-bond donors (Lipinski definition) is 0. The van der Waals surface area contributed by atoms with E-state index in [2.05, 4.69) is 15.9 Å². The van der Waals surface area contributed by atoms with Crippen molar-refractivity contribution in [2.75, 3.05) is 49.2 Å². The van der Waals surface area contributed by atoms with E-state index in [-0.39, 0.29) is 23.3 Å². The van der Waals surface area contributed by atoms with Crippen molar-refractivity contribution in [2.24, 2.45) is 0 Å². The second kappa shape index (κ2) is 8.65. The van der Waals surface area contributed by atoms with Gasteiger partial charge in [-0.2, -0.15) is 5.26 Å². The van der Waals surface area contributed by atoms with Crippen LogP contribution in [0.3, 0.4) is 0 Å². The monoisotopic (exact) mass is 445 g/mol. The molecule has 3 aliphatic heterocycles. The predicted molar refractivity (Wildman–Crippen MR) is 122 cm³/mol. The second-order valence-corrected chi connectivity index (χ2v) is 8.28. The zero-order valence-corrected chi connectivity index (χ0v) is 18.0. The first-order valence-electron chi connectivity index (χ1n) is 10.9. The Morgan fingerprint density at radius 3 is 2.52 bits per heavy atom. The number of nitrogens with zero attached hydrogens (tertiary/aromatic N) is 5. The van der Waals surface area contributed by atoms with Gasteiger partial charge in [0.15, 0.2) is 0 Å². The molecule has 2 aromatic carbocycles. The van der Waals surface area contributed by atoms with Gasteiger partial charge in [0.2, 0.25) is 0 Å². The molecule has 168 valence electrons. The number of rotatable bonds is 5. The third-order valence-corrected chi connectivity index (χ3v) is 6.53. The van der Waals surface area contributed by atoms with Crippen molar-refractivity contribution in [2.45, 2.75) is 12.1 Å². The fourth-order valence-corrected chi connectivity index (χ4v) is 4.93. The second-order valence-electron chi connectivity index (χ2n) is 8.28. The number of carbonyl (C=O) groups excluding carboxylic acids is 1. The van der Waals surface area contributed by atoms with E-state index in [9.17, 15) is 20.2 Å². The van der Waals surface area contributed by atoms with Crippen LogP contribution >= 0.6 is 0 Å². The average Bonchev–Trinajstić information content (AvgIpc) is 3.16. The Hall–Kier alpha value is -3.74. The molecular weight excluding hydrogens is 422 g/mol. The average molecular weight is 445 g/mol. The van der Waals surface area contributed by atoms with Crippen molar-refractivity contribution in [3.63, 3.8) is 0 Å². The summed E-state index contributed by atoms with van der Waals surface area (Å²) in [5.41, 5.74) is 2.61. The number of nitriles is 1. The highest BCUT2D eigenvalue weighted by molar-refractivity contribution is 6.10. The lowest BCUT2D eigenvalue weighted by atomic mass is 9.93. The first-order valence-corrected chi connectivity index (χ1v) is 10.9. The molecule has 2 atom stereocenters. The molecule has 3 heterocycles.